The van der Waals surface area contributed by atoms with Crippen LogP contribution < -0.4 is 5.32 Å². The minimum atomic E-state index is -0.946. The lowest BCUT2D eigenvalue weighted by atomic mass is 10.1. The summed E-state index contributed by atoms with van der Waals surface area (Å²) in [6.45, 7) is 0.197. The number of carbonyl (C=O) groups excluding carboxylic acids is 1. The van der Waals surface area contributed by atoms with Gasteiger partial charge in [0.05, 0.1) is 9.83 Å². The zero-order chi connectivity index (χ0) is 21.7. The Kier molecular flexibility index (Phi) is 6.75. The number of nitro benzene ring substituents is 1. The van der Waals surface area contributed by atoms with Crippen LogP contribution in [-0.4, -0.2) is 42.7 Å². The number of carboxylic acids is 1. The lowest BCUT2D eigenvalue weighted by molar-refractivity contribution is -0.384. The molecule has 2 aromatic rings. The predicted molar refractivity (Wildman–Crippen MR) is 117 cm³/mol. The highest BCUT2D eigenvalue weighted by atomic mass is 32.2. The number of non-ortho nitro benzene ring substituents is 1. The fourth-order valence-corrected chi connectivity index (χ4v) is 3.99. The second kappa shape index (κ2) is 9.46. The first-order valence-electron chi connectivity index (χ1n) is 8.79. The number of aromatic nitrogens is 1. The number of hydrogen-bond acceptors (Lipinski definition) is 8. The quantitative estimate of drug-likeness (QED) is 0.270. The third-order valence-electron chi connectivity index (χ3n) is 4.11. The molecule has 30 heavy (non-hydrogen) atoms. The van der Waals surface area contributed by atoms with E-state index in [0.29, 0.717) is 26.3 Å². The molecule has 2 heterocycles. The molecule has 1 amide bonds. The van der Waals surface area contributed by atoms with Gasteiger partial charge in [-0.2, -0.15) is 0 Å². The monoisotopic (exact) mass is 444 g/mol. The molecule has 0 aliphatic carbocycles. The maximum absolute atomic E-state index is 12.7. The molecule has 2 N–H and O–H groups in total. The van der Waals surface area contributed by atoms with Crippen molar-refractivity contribution >= 4 is 63.4 Å². The number of carbonyl (C=O) groups is 2. The van der Waals surface area contributed by atoms with Crippen molar-refractivity contribution in [2.24, 2.45) is 0 Å². The molecule has 0 saturated carbocycles. The topological polar surface area (TPSA) is 126 Å². The first kappa shape index (κ1) is 21.4. The van der Waals surface area contributed by atoms with E-state index in [2.05, 4.69) is 10.3 Å². The Bertz CT molecular complexity index is 1040. The Labute approximate surface area is 180 Å². The predicted octanol–water partition coefficient (Wildman–Crippen LogP) is 3.80. The molecule has 0 spiro atoms. The van der Waals surface area contributed by atoms with Crippen LogP contribution in [0.4, 0.5) is 17.2 Å². The molecule has 1 fully saturated rings. The van der Waals surface area contributed by atoms with Gasteiger partial charge in [0.1, 0.15) is 10.1 Å². The summed E-state index contributed by atoms with van der Waals surface area (Å²) in [6.07, 6.45) is 3.35. The lowest BCUT2D eigenvalue weighted by Crippen LogP contribution is -2.29. The summed E-state index contributed by atoms with van der Waals surface area (Å²) >= 11 is 6.31. The van der Waals surface area contributed by atoms with Crippen LogP contribution in [0.5, 0.6) is 0 Å². The Hall–Kier alpha value is -3.31. The summed E-state index contributed by atoms with van der Waals surface area (Å²) in [7, 11) is 0. The van der Waals surface area contributed by atoms with Crippen LogP contribution in [0.2, 0.25) is 0 Å². The molecule has 3 rings (SSSR count). The standard InChI is InChI=1S/C19H16N4O5S2/c24-17(25)5-3-9-22-18(26)15(30-19(22)29)11-12-10-13(23(27)28)6-7-14(12)21-16-4-1-2-8-20-16/h1-2,4,6-8,10-11H,3,5,9H2,(H,20,21)(H,24,25)/b15-11-. The van der Waals surface area contributed by atoms with Gasteiger partial charge in [0.2, 0.25) is 0 Å². The Morgan fingerprint density at radius 2 is 2.17 bits per heavy atom. The van der Waals surface area contributed by atoms with E-state index in [0.717, 1.165) is 11.8 Å². The molecule has 154 valence electrons. The summed E-state index contributed by atoms with van der Waals surface area (Å²) < 4.78 is 0.321. The van der Waals surface area contributed by atoms with Crippen molar-refractivity contribution in [3.8, 4) is 0 Å². The third-order valence-corrected chi connectivity index (χ3v) is 5.48. The van der Waals surface area contributed by atoms with Gasteiger partial charge in [-0.1, -0.05) is 30.0 Å². The Morgan fingerprint density at radius 1 is 1.37 bits per heavy atom. The van der Waals surface area contributed by atoms with Crippen molar-refractivity contribution in [2.75, 3.05) is 11.9 Å². The molecule has 1 aliphatic rings. The maximum Gasteiger partial charge on any atom is 0.303 e. The van der Waals surface area contributed by atoms with E-state index in [1.807, 2.05) is 0 Å². The number of nitro groups is 1. The first-order valence-corrected chi connectivity index (χ1v) is 10.0. The fraction of sp³-hybridized carbons (Fsp3) is 0.158. The SMILES string of the molecule is O=C(O)CCCN1C(=O)/C(=C/c2cc([N+](=O)[O-])ccc2Nc2ccccn2)SC1=S. The zero-order valence-corrected chi connectivity index (χ0v) is 17.1. The molecule has 0 radical (unpaired) electrons. The molecule has 9 nitrogen and oxygen atoms in total. The Morgan fingerprint density at radius 3 is 2.83 bits per heavy atom. The van der Waals surface area contributed by atoms with Gasteiger partial charge in [-0.15, -0.1) is 0 Å². The minimum absolute atomic E-state index is 0.0703. The molecule has 11 heteroatoms. The smallest absolute Gasteiger partial charge is 0.303 e. The molecular weight excluding hydrogens is 428 g/mol. The molecule has 0 bridgehead atoms. The van der Waals surface area contributed by atoms with E-state index < -0.39 is 10.9 Å². The molecule has 0 unspecified atom stereocenters. The second-order valence-electron chi connectivity index (χ2n) is 6.20. The number of aliphatic carboxylic acids is 1. The normalized spacial score (nSPS) is 14.9. The van der Waals surface area contributed by atoms with Crippen molar-refractivity contribution in [2.45, 2.75) is 12.8 Å². The number of nitrogens with one attached hydrogen (secondary N) is 1. The van der Waals surface area contributed by atoms with Crippen molar-refractivity contribution in [1.29, 1.82) is 0 Å². The lowest BCUT2D eigenvalue weighted by Gasteiger charge is -2.13. The van der Waals surface area contributed by atoms with Gasteiger partial charge in [0.25, 0.3) is 11.6 Å². The molecule has 1 aromatic carbocycles. The van der Waals surface area contributed by atoms with Crippen molar-refractivity contribution in [3.05, 3.63) is 63.2 Å². The highest BCUT2D eigenvalue weighted by Gasteiger charge is 2.32. The van der Waals surface area contributed by atoms with E-state index in [9.17, 15) is 19.7 Å². The molecule has 1 saturated heterocycles. The number of thioether (sulfide) groups is 1. The maximum atomic E-state index is 12.7. The average Bonchev–Trinajstić information content (AvgIpc) is 2.97. The van der Waals surface area contributed by atoms with Crippen molar-refractivity contribution in [1.82, 2.24) is 9.88 Å². The highest BCUT2D eigenvalue weighted by Crippen LogP contribution is 2.35. The summed E-state index contributed by atoms with van der Waals surface area (Å²) in [5.74, 6) is -0.759. The van der Waals surface area contributed by atoms with E-state index in [1.54, 1.807) is 30.5 Å². The van der Waals surface area contributed by atoms with E-state index >= 15 is 0 Å². The summed E-state index contributed by atoms with van der Waals surface area (Å²) in [4.78, 5) is 39.9. The molecular formula is C19H16N4O5S2. The molecule has 1 aromatic heterocycles. The fourth-order valence-electron chi connectivity index (χ4n) is 2.69. The molecule has 0 atom stereocenters. The average molecular weight is 444 g/mol. The van der Waals surface area contributed by atoms with Crippen LogP contribution >= 0.6 is 24.0 Å². The number of thiocarbonyl (C=S) groups is 1. The van der Waals surface area contributed by atoms with Crippen LogP contribution in [0.15, 0.2) is 47.5 Å². The summed E-state index contributed by atoms with van der Waals surface area (Å²) in [6, 6.07) is 9.57. The van der Waals surface area contributed by atoms with Crippen molar-refractivity contribution in [3.63, 3.8) is 0 Å². The highest BCUT2D eigenvalue weighted by molar-refractivity contribution is 8.26. The Balaban J connectivity index is 1.89. The van der Waals surface area contributed by atoms with Gasteiger partial charge >= 0.3 is 5.97 Å². The van der Waals surface area contributed by atoms with Crippen LogP contribution in [0.3, 0.4) is 0 Å². The number of hydrogen-bond donors (Lipinski definition) is 2. The number of rotatable bonds is 8. The zero-order valence-electron chi connectivity index (χ0n) is 15.5. The number of nitrogens with zero attached hydrogens (tertiary/aromatic N) is 3. The van der Waals surface area contributed by atoms with Crippen molar-refractivity contribution < 1.29 is 19.6 Å². The van der Waals surface area contributed by atoms with Gasteiger partial charge < -0.3 is 10.4 Å². The van der Waals surface area contributed by atoms with Crippen LogP contribution in [-0.2, 0) is 9.59 Å². The first-order chi connectivity index (χ1) is 14.3. The number of carboxylic acid groups (broad SMARTS) is 1. The summed E-state index contributed by atoms with van der Waals surface area (Å²) in [5.41, 5.74) is 0.848. The second-order valence-corrected chi connectivity index (χ2v) is 7.88. The van der Waals surface area contributed by atoms with Crippen LogP contribution in [0.25, 0.3) is 6.08 Å². The van der Waals surface area contributed by atoms with Crippen LogP contribution in [0.1, 0.15) is 18.4 Å². The van der Waals surface area contributed by atoms with Gasteiger partial charge in [0.15, 0.2) is 0 Å². The van der Waals surface area contributed by atoms with E-state index in [-0.39, 0.29) is 31.0 Å². The number of amides is 1. The van der Waals surface area contributed by atoms with Gasteiger partial charge in [0, 0.05) is 42.5 Å². The number of pyridine rings is 1. The van der Waals surface area contributed by atoms with E-state index in [1.165, 1.54) is 23.1 Å². The number of benzene rings is 1. The number of anilines is 2. The van der Waals surface area contributed by atoms with Gasteiger partial charge in [-0.05, 0) is 30.7 Å². The van der Waals surface area contributed by atoms with E-state index in [4.69, 9.17) is 17.3 Å². The van der Waals surface area contributed by atoms with Gasteiger partial charge in [-0.25, -0.2) is 4.98 Å². The minimum Gasteiger partial charge on any atom is -0.481 e. The van der Waals surface area contributed by atoms with Gasteiger partial charge in [-0.3, -0.25) is 24.6 Å². The summed E-state index contributed by atoms with van der Waals surface area (Å²) in [5, 5.41) is 23.1. The third kappa shape index (κ3) is 5.19. The van der Waals surface area contributed by atoms with Crippen LogP contribution in [0, 0.1) is 10.1 Å². The largest absolute Gasteiger partial charge is 0.481 e. The molecule has 1 aliphatic heterocycles.